The summed E-state index contributed by atoms with van der Waals surface area (Å²) in [5, 5.41) is 10.9. The van der Waals surface area contributed by atoms with E-state index in [4.69, 9.17) is 4.74 Å². The van der Waals surface area contributed by atoms with Crippen LogP contribution in [0.4, 0.5) is 0 Å². The summed E-state index contributed by atoms with van der Waals surface area (Å²) in [5.74, 6) is -0.628. The molecule has 1 N–H and O–H groups in total. The molecule has 0 radical (unpaired) electrons. The molecule has 0 fully saturated rings. The van der Waals surface area contributed by atoms with Gasteiger partial charge in [0, 0.05) is 19.3 Å². The van der Waals surface area contributed by atoms with Crippen LogP contribution in [0.2, 0.25) is 0 Å². The predicted octanol–water partition coefficient (Wildman–Crippen LogP) is 5.55. The highest BCUT2D eigenvalue weighted by Crippen LogP contribution is 2.43. The Morgan fingerprint density at radius 1 is 1.00 bits per heavy atom. The number of hydrogen-bond acceptors (Lipinski definition) is 4. The van der Waals surface area contributed by atoms with Crippen molar-refractivity contribution in [3.05, 3.63) is 89.2 Å². The SMILES string of the molecule is COC(=O)c1c(O)cn(Cc2ccccc2)c1/C(CN(C)C)=C(/c1ccccc1)C(C)(C)C. The lowest BCUT2D eigenvalue weighted by Gasteiger charge is -2.30. The minimum Gasteiger partial charge on any atom is -0.505 e. The van der Waals surface area contributed by atoms with Crippen LogP contribution >= 0.6 is 0 Å². The highest BCUT2D eigenvalue weighted by atomic mass is 16.5. The van der Waals surface area contributed by atoms with Crippen molar-refractivity contribution in [2.45, 2.75) is 27.3 Å². The maximum absolute atomic E-state index is 12.9. The third kappa shape index (κ3) is 5.55. The van der Waals surface area contributed by atoms with E-state index in [-0.39, 0.29) is 16.7 Å². The van der Waals surface area contributed by atoms with Gasteiger partial charge in [-0.3, -0.25) is 0 Å². The molecule has 3 rings (SSSR count). The van der Waals surface area contributed by atoms with Gasteiger partial charge in [0.05, 0.1) is 12.8 Å². The van der Waals surface area contributed by atoms with Gasteiger partial charge in [-0.05, 0) is 41.8 Å². The average molecular weight is 447 g/mol. The molecule has 0 atom stereocenters. The number of esters is 1. The first-order chi connectivity index (χ1) is 15.6. The summed E-state index contributed by atoms with van der Waals surface area (Å²) < 4.78 is 7.06. The van der Waals surface area contributed by atoms with Gasteiger partial charge in [0.2, 0.25) is 0 Å². The predicted molar refractivity (Wildman–Crippen MR) is 134 cm³/mol. The summed E-state index contributed by atoms with van der Waals surface area (Å²) in [6.07, 6.45) is 1.63. The fourth-order valence-electron chi connectivity index (χ4n) is 4.33. The quantitative estimate of drug-likeness (QED) is 0.484. The van der Waals surface area contributed by atoms with Gasteiger partial charge in [-0.2, -0.15) is 0 Å². The van der Waals surface area contributed by atoms with Gasteiger partial charge in [0.25, 0.3) is 0 Å². The zero-order valence-corrected chi connectivity index (χ0v) is 20.4. The minimum absolute atomic E-state index is 0.0784. The molecule has 0 bridgehead atoms. The zero-order chi connectivity index (χ0) is 24.2. The fraction of sp³-hybridized carbons (Fsp3) is 0.321. The first-order valence-corrected chi connectivity index (χ1v) is 11.1. The van der Waals surface area contributed by atoms with E-state index in [0.29, 0.717) is 18.8 Å². The summed E-state index contributed by atoms with van der Waals surface area (Å²) in [4.78, 5) is 15.0. The molecule has 0 spiro atoms. The number of allylic oxidation sites excluding steroid dienone is 1. The first-order valence-electron chi connectivity index (χ1n) is 11.1. The molecule has 33 heavy (non-hydrogen) atoms. The van der Waals surface area contributed by atoms with E-state index in [0.717, 1.165) is 22.3 Å². The van der Waals surface area contributed by atoms with Crippen LogP contribution in [-0.4, -0.2) is 48.3 Å². The van der Waals surface area contributed by atoms with E-state index < -0.39 is 5.97 Å². The first kappa shape index (κ1) is 24.3. The van der Waals surface area contributed by atoms with Crippen LogP contribution in [0.5, 0.6) is 5.75 Å². The van der Waals surface area contributed by atoms with E-state index in [1.54, 1.807) is 6.20 Å². The molecule has 1 aromatic heterocycles. The van der Waals surface area contributed by atoms with E-state index in [1.807, 2.05) is 67.2 Å². The van der Waals surface area contributed by atoms with Crippen LogP contribution in [0.3, 0.4) is 0 Å². The normalized spacial score (nSPS) is 12.6. The number of rotatable bonds is 7. The molecule has 5 nitrogen and oxygen atoms in total. The molecule has 5 heteroatoms. The molecule has 174 valence electrons. The Balaban J connectivity index is 2.40. The van der Waals surface area contributed by atoms with Crippen LogP contribution in [-0.2, 0) is 11.3 Å². The fourth-order valence-corrected chi connectivity index (χ4v) is 4.33. The van der Waals surface area contributed by atoms with Gasteiger partial charge in [-0.1, -0.05) is 81.4 Å². The van der Waals surface area contributed by atoms with Crippen molar-refractivity contribution in [3.8, 4) is 5.75 Å². The summed E-state index contributed by atoms with van der Waals surface area (Å²) in [6.45, 7) is 7.63. The molecule has 0 aliphatic rings. The van der Waals surface area contributed by atoms with E-state index in [2.05, 4.69) is 37.8 Å². The van der Waals surface area contributed by atoms with Crippen molar-refractivity contribution in [1.29, 1.82) is 0 Å². The Morgan fingerprint density at radius 3 is 2.09 bits per heavy atom. The molecule has 3 aromatic rings. The summed E-state index contributed by atoms with van der Waals surface area (Å²) in [7, 11) is 5.36. The zero-order valence-electron chi connectivity index (χ0n) is 20.4. The number of methoxy groups -OCH3 is 1. The second kappa shape index (κ2) is 10.1. The van der Waals surface area contributed by atoms with Crippen LogP contribution in [0.1, 0.15) is 48.0 Å². The number of hydrogen-bond donors (Lipinski definition) is 1. The van der Waals surface area contributed by atoms with E-state index >= 15 is 0 Å². The van der Waals surface area contributed by atoms with Crippen molar-refractivity contribution in [1.82, 2.24) is 9.47 Å². The number of nitrogens with zero attached hydrogens (tertiary/aromatic N) is 2. The molecular formula is C28H34N2O3. The lowest BCUT2D eigenvalue weighted by atomic mass is 9.78. The number of aromatic nitrogens is 1. The van der Waals surface area contributed by atoms with Crippen LogP contribution < -0.4 is 0 Å². The van der Waals surface area contributed by atoms with Crippen LogP contribution in [0.15, 0.2) is 66.9 Å². The van der Waals surface area contributed by atoms with Crippen molar-refractivity contribution >= 4 is 17.1 Å². The van der Waals surface area contributed by atoms with Crippen molar-refractivity contribution in [2.24, 2.45) is 5.41 Å². The van der Waals surface area contributed by atoms with Gasteiger partial charge >= 0.3 is 5.97 Å². The molecule has 1 heterocycles. The van der Waals surface area contributed by atoms with Gasteiger partial charge in [0.15, 0.2) is 0 Å². The Morgan fingerprint density at radius 2 is 1.58 bits per heavy atom. The number of aromatic hydroxyl groups is 1. The summed E-state index contributed by atoms with van der Waals surface area (Å²) in [5.41, 5.74) is 4.92. The van der Waals surface area contributed by atoms with Gasteiger partial charge in [-0.15, -0.1) is 0 Å². The van der Waals surface area contributed by atoms with Crippen LogP contribution in [0.25, 0.3) is 11.1 Å². The largest absolute Gasteiger partial charge is 0.505 e. The Labute approximate surface area is 196 Å². The van der Waals surface area contributed by atoms with Crippen molar-refractivity contribution in [3.63, 3.8) is 0 Å². The topological polar surface area (TPSA) is 54.7 Å². The molecule has 0 amide bonds. The molecule has 0 saturated carbocycles. The van der Waals surface area contributed by atoms with Gasteiger partial charge < -0.3 is 19.3 Å². The molecule has 0 saturated heterocycles. The van der Waals surface area contributed by atoms with E-state index in [9.17, 15) is 9.90 Å². The standard InChI is InChI=1S/C28H34N2O3/c1-28(2,3)25(21-15-11-8-12-16-21)22(18-29(4)5)26-24(27(32)33-6)23(31)19-30(26)17-20-13-9-7-10-14-20/h7-16,19,31H,17-18H2,1-6H3/b25-22-. The Hall–Kier alpha value is -3.31. The number of ether oxygens (including phenoxy) is 1. The molecule has 0 aliphatic carbocycles. The average Bonchev–Trinajstić information content (AvgIpc) is 3.08. The summed E-state index contributed by atoms with van der Waals surface area (Å²) in [6, 6.07) is 20.3. The number of benzene rings is 2. The number of likely N-dealkylation sites (N-methyl/N-ethyl adjacent to an activating group) is 1. The maximum atomic E-state index is 12.9. The number of carbonyl (C=O) groups is 1. The third-order valence-electron chi connectivity index (χ3n) is 5.52. The minimum atomic E-state index is -0.549. The van der Waals surface area contributed by atoms with Crippen molar-refractivity contribution in [2.75, 3.05) is 27.7 Å². The Bertz CT molecular complexity index is 1120. The van der Waals surface area contributed by atoms with Gasteiger partial charge in [0.1, 0.15) is 11.3 Å². The number of carbonyl (C=O) groups excluding carboxylic acids is 1. The molecule has 0 unspecified atom stereocenters. The second-order valence-corrected chi connectivity index (χ2v) is 9.55. The summed E-state index contributed by atoms with van der Waals surface area (Å²) >= 11 is 0. The third-order valence-corrected chi connectivity index (χ3v) is 5.52. The molecule has 0 aliphatic heterocycles. The maximum Gasteiger partial charge on any atom is 0.343 e. The lowest BCUT2D eigenvalue weighted by molar-refractivity contribution is 0.0597. The molecule has 2 aromatic carbocycles. The van der Waals surface area contributed by atoms with E-state index in [1.165, 1.54) is 7.11 Å². The lowest BCUT2D eigenvalue weighted by Crippen LogP contribution is -2.22. The molecular weight excluding hydrogens is 412 g/mol. The van der Waals surface area contributed by atoms with Gasteiger partial charge in [-0.25, -0.2) is 4.79 Å². The van der Waals surface area contributed by atoms with Crippen molar-refractivity contribution < 1.29 is 14.6 Å². The highest BCUT2D eigenvalue weighted by Gasteiger charge is 2.31. The van der Waals surface area contributed by atoms with Crippen LogP contribution in [0, 0.1) is 5.41 Å². The second-order valence-electron chi connectivity index (χ2n) is 9.55. The monoisotopic (exact) mass is 446 g/mol. The smallest absolute Gasteiger partial charge is 0.343 e. The highest BCUT2D eigenvalue weighted by molar-refractivity contribution is 6.03. The Kier molecular flexibility index (Phi) is 7.44.